The Bertz CT molecular complexity index is 415. The highest BCUT2D eigenvalue weighted by Crippen LogP contribution is 2.27. The van der Waals surface area contributed by atoms with Crippen LogP contribution in [-0.2, 0) is 4.79 Å². The summed E-state index contributed by atoms with van der Waals surface area (Å²) in [5.74, 6) is 1.27. The van der Waals surface area contributed by atoms with Crippen molar-refractivity contribution >= 4 is 18.3 Å². The van der Waals surface area contributed by atoms with Crippen molar-refractivity contribution in [2.24, 2.45) is 5.92 Å². The van der Waals surface area contributed by atoms with E-state index in [4.69, 9.17) is 0 Å². The third-order valence-corrected chi connectivity index (χ3v) is 3.67. The lowest BCUT2D eigenvalue weighted by Gasteiger charge is -2.13. The summed E-state index contributed by atoms with van der Waals surface area (Å²) in [5.41, 5.74) is 2.54. The summed E-state index contributed by atoms with van der Waals surface area (Å²) in [7, 11) is 0. The van der Waals surface area contributed by atoms with E-state index in [1.54, 1.807) is 0 Å². The minimum Gasteiger partial charge on any atom is -0.354 e. The van der Waals surface area contributed by atoms with Crippen molar-refractivity contribution < 1.29 is 4.79 Å². The molecule has 1 aliphatic carbocycles. The molecule has 0 radical (unpaired) electrons. The zero-order valence-corrected chi connectivity index (χ0v) is 13.1. The first-order valence-electron chi connectivity index (χ1n) is 7.19. The fraction of sp³-hybridized carbons (Fsp3) is 0.562. The number of hydrogen-bond acceptors (Lipinski definition) is 2. The Balaban J connectivity index is 0.00000200. The number of rotatable bonds is 7. The van der Waals surface area contributed by atoms with Gasteiger partial charge in [0.05, 0.1) is 6.54 Å². The first-order valence-corrected chi connectivity index (χ1v) is 7.19. The van der Waals surface area contributed by atoms with Crippen molar-refractivity contribution in [2.45, 2.75) is 32.6 Å². The summed E-state index contributed by atoms with van der Waals surface area (Å²) in [6, 6.07) is 8.50. The lowest BCUT2D eigenvalue weighted by atomic mass is 10.00. The molecule has 1 saturated carbocycles. The van der Waals surface area contributed by atoms with Crippen molar-refractivity contribution in [2.75, 3.05) is 19.6 Å². The van der Waals surface area contributed by atoms with Crippen LogP contribution in [0.25, 0.3) is 0 Å². The van der Waals surface area contributed by atoms with Gasteiger partial charge in [-0.05, 0) is 43.7 Å². The number of amides is 1. The maximum atomic E-state index is 11.7. The van der Waals surface area contributed by atoms with Gasteiger partial charge in [-0.15, -0.1) is 12.4 Å². The van der Waals surface area contributed by atoms with Gasteiger partial charge in [0.25, 0.3) is 0 Å². The number of benzene rings is 1. The summed E-state index contributed by atoms with van der Waals surface area (Å²) < 4.78 is 0. The van der Waals surface area contributed by atoms with Crippen molar-refractivity contribution in [3.05, 3.63) is 35.4 Å². The predicted molar refractivity (Wildman–Crippen MR) is 85.4 cm³/mol. The maximum absolute atomic E-state index is 11.7. The molecule has 1 atom stereocenters. The Hall–Kier alpha value is -1.06. The van der Waals surface area contributed by atoms with Crippen LogP contribution >= 0.6 is 12.4 Å². The lowest BCUT2D eigenvalue weighted by molar-refractivity contribution is -0.120. The highest BCUT2D eigenvalue weighted by atomic mass is 35.5. The Labute approximate surface area is 127 Å². The van der Waals surface area contributed by atoms with Crippen LogP contribution < -0.4 is 10.6 Å². The normalized spacial score (nSPS) is 15.3. The molecule has 0 bridgehead atoms. The number of carbonyl (C=O) groups excluding carboxylic acids is 1. The van der Waals surface area contributed by atoms with E-state index in [1.807, 2.05) is 0 Å². The van der Waals surface area contributed by atoms with E-state index in [-0.39, 0.29) is 18.3 Å². The van der Waals surface area contributed by atoms with Crippen LogP contribution in [0.4, 0.5) is 0 Å². The summed E-state index contributed by atoms with van der Waals surface area (Å²) >= 11 is 0. The van der Waals surface area contributed by atoms with Gasteiger partial charge in [0.2, 0.25) is 5.91 Å². The average Bonchev–Trinajstić information content (AvgIpc) is 3.21. The zero-order chi connectivity index (χ0) is 13.7. The molecule has 20 heavy (non-hydrogen) atoms. The summed E-state index contributed by atoms with van der Waals surface area (Å²) in [5, 5.41) is 6.19. The van der Waals surface area contributed by atoms with Crippen molar-refractivity contribution in [1.82, 2.24) is 10.6 Å². The third-order valence-electron chi connectivity index (χ3n) is 3.67. The molecule has 1 unspecified atom stereocenters. The van der Waals surface area contributed by atoms with Crippen LogP contribution in [0.15, 0.2) is 24.3 Å². The number of hydrogen-bond donors (Lipinski definition) is 2. The molecule has 2 rings (SSSR count). The van der Waals surface area contributed by atoms with Crippen LogP contribution in [-0.4, -0.2) is 25.5 Å². The van der Waals surface area contributed by atoms with E-state index < -0.39 is 0 Å². The van der Waals surface area contributed by atoms with Crippen LogP contribution in [0.1, 0.15) is 36.8 Å². The lowest BCUT2D eigenvalue weighted by Crippen LogP contribution is -2.36. The molecule has 0 saturated heterocycles. The van der Waals surface area contributed by atoms with Gasteiger partial charge in [-0.25, -0.2) is 0 Å². The van der Waals surface area contributed by atoms with Gasteiger partial charge in [0, 0.05) is 6.54 Å². The van der Waals surface area contributed by atoms with E-state index >= 15 is 0 Å². The maximum Gasteiger partial charge on any atom is 0.233 e. The molecule has 1 amide bonds. The molecule has 0 spiro atoms. The Kier molecular flexibility index (Phi) is 7.03. The topological polar surface area (TPSA) is 41.1 Å². The van der Waals surface area contributed by atoms with Gasteiger partial charge in [0.15, 0.2) is 0 Å². The number of aryl methyl sites for hydroxylation is 1. The summed E-state index contributed by atoms with van der Waals surface area (Å²) in [6.07, 6.45) is 2.64. The highest BCUT2D eigenvalue weighted by molar-refractivity contribution is 5.85. The van der Waals surface area contributed by atoms with E-state index in [0.29, 0.717) is 19.0 Å². The number of carbonyl (C=O) groups is 1. The van der Waals surface area contributed by atoms with Gasteiger partial charge >= 0.3 is 0 Å². The van der Waals surface area contributed by atoms with Crippen molar-refractivity contribution in [1.29, 1.82) is 0 Å². The largest absolute Gasteiger partial charge is 0.354 e. The quantitative estimate of drug-likeness (QED) is 0.812. The molecule has 1 fully saturated rings. The van der Waals surface area contributed by atoms with Crippen molar-refractivity contribution in [3.8, 4) is 0 Å². The second-order valence-corrected chi connectivity index (χ2v) is 5.69. The molecule has 1 aliphatic rings. The van der Waals surface area contributed by atoms with Gasteiger partial charge in [-0.3, -0.25) is 4.79 Å². The minimum atomic E-state index is 0. The molecule has 0 aromatic heterocycles. The summed E-state index contributed by atoms with van der Waals surface area (Å²) in [6.45, 7) is 6.36. The van der Waals surface area contributed by atoms with Gasteiger partial charge < -0.3 is 10.6 Å². The van der Waals surface area contributed by atoms with Crippen LogP contribution in [0.5, 0.6) is 0 Å². The average molecular weight is 297 g/mol. The Morgan fingerprint density at radius 1 is 1.30 bits per heavy atom. The van der Waals surface area contributed by atoms with Crippen LogP contribution in [0, 0.1) is 12.8 Å². The first kappa shape index (κ1) is 17.0. The molecule has 3 nitrogen and oxygen atoms in total. The van der Waals surface area contributed by atoms with E-state index in [0.717, 1.165) is 12.5 Å². The molecule has 112 valence electrons. The monoisotopic (exact) mass is 296 g/mol. The first-order chi connectivity index (χ1) is 9.15. The molecular formula is C16H25ClN2O. The standard InChI is InChI=1S/C16H24N2O.ClH/c1-12-3-7-15(8-4-12)13(2)9-18-16(19)11-17-10-14-5-6-14;/h3-4,7-8,13-14,17H,5-6,9-11H2,1-2H3,(H,18,19);1H. The molecule has 0 heterocycles. The number of nitrogens with one attached hydrogen (secondary N) is 2. The molecular weight excluding hydrogens is 272 g/mol. The molecule has 0 aliphatic heterocycles. The fourth-order valence-electron chi connectivity index (χ4n) is 2.05. The van der Waals surface area contributed by atoms with Gasteiger partial charge in [-0.1, -0.05) is 36.8 Å². The van der Waals surface area contributed by atoms with E-state index in [9.17, 15) is 4.79 Å². The molecule has 2 N–H and O–H groups in total. The highest BCUT2D eigenvalue weighted by Gasteiger charge is 2.20. The number of halogens is 1. The Morgan fingerprint density at radius 3 is 2.55 bits per heavy atom. The van der Waals surface area contributed by atoms with Gasteiger partial charge in [0.1, 0.15) is 0 Å². The molecule has 1 aromatic rings. The second-order valence-electron chi connectivity index (χ2n) is 5.69. The SMILES string of the molecule is Cc1ccc(C(C)CNC(=O)CNCC2CC2)cc1.Cl. The Morgan fingerprint density at radius 2 is 1.95 bits per heavy atom. The van der Waals surface area contributed by atoms with E-state index in [1.165, 1.54) is 24.0 Å². The van der Waals surface area contributed by atoms with E-state index in [2.05, 4.69) is 48.7 Å². The van der Waals surface area contributed by atoms with Crippen LogP contribution in [0.2, 0.25) is 0 Å². The third kappa shape index (κ3) is 5.93. The van der Waals surface area contributed by atoms with Crippen molar-refractivity contribution in [3.63, 3.8) is 0 Å². The van der Waals surface area contributed by atoms with Crippen LogP contribution in [0.3, 0.4) is 0 Å². The smallest absolute Gasteiger partial charge is 0.233 e. The predicted octanol–water partition coefficient (Wildman–Crippen LogP) is 2.64. The van der Waals surface area contributed by atoms with Gasteiger partial charge in [-0.2, -0.15) is 0 Å². The molecule has 1 aromatic carbocycles. The zero-order valence-electron chi connectivity index (χ0n) is 12.3. The minimum absolute atomic E-state index is 0. The molecule has 4 heteroatoms. The summed E-state index contributed by atoms with van der Waals surface area (Å²) in [4.78, 5) is 11.7. The fourth-order valence-corrected chi connectivity index (χ4v) is 2.05. The second kappa shape index (κ2) is 8.28.